The van der Waals surface area contributed by atoms with Crippen LogP contribution in [0.4, 0.5) is 10.1 Å². The van der Waals surface area contributed by atoms with Gasteiger partial charge in [0.25, 0.3) is 11.1 Å². The van der Waals surface area contributed by atoms with Crippen molar-refractivity contribution in [3.63, 3.8) is 0 Å². The van der Waals surface area contributed by atoms with Crippen molar-refractivity contribution in [1.29, 1.82) is 0 Å². The number of hydrogen-bond donors (Lipinski definition) is 1. The minimum Gasteiger partial charge on any atom is -0.497 e. The van der Waals surface area contributed by atoms with Gasteiger partial charge in [-0.3, -0.25) is 4.79 Å². The Morgan fingerprint density at radius 1 is 1.19 bits per heavy atom. The van der Waals surface area contributed by atoms with Crippen LogP contribution in [0.1, 0.15) is 0 Å². The van der Waals surface area contributed by atoms with E-state index in [4.69, 9.17) is 13.9 Å². The average Bonchev–Trinajstić information content (AvgIpc) is 3.15. The minimum atomic E-state index is -0.458. The Labute approximate surface area is 158 Å². The average molecular weight is 389 g/mol. The quantitative estimate of drug-likeness (QED) is 0.618. The van der Waals surface area contributed by atoms with E-state index in [0.29, 0.717) is 17.2 Å². The number of aromatic nitrogens is 2. The topological polar surface area (TPSA) is 86.5 Å². The highest BCUT2D eigenvalue weighted by molar-refractivity contribution is 7.99. The van der Waals surface area contributed by atoms with Gasteiger partial charge >= 0.3 is 0 Å². The van der Waals surface area contributed by atoms with Crippen LogP contribution in [-0.2, 0) is 4.79 Å². The fourth-order valence-electron chi connectivity index (χ4n) is 2.24. The first-order chi connectivity index (χ1) is 13.1. The molecule has 0 saturated carbocycles. The van der Waals surface area contributed by atoms with E-state index in [1.54, 1.807) is 36.4 Å². The number of nitrogens with one attached hydrogen (secondary N) is 1. The van der Waals surface area contributed by atoms with Gasteiger partial charge in [-0.05, 0) is 24.3 Å². The molecule has 0 saturated heterocycles. The molecule has 27 heavy (non-hydrogen) atoms. The molecule has 2 aromatic carbocycles. The summed E-state index contributed by atoms with van der Waals surface area (Å²) in [5.74, 6) is 0.432. The van der Waals surface area contributed by atoms with Crippen molar-refractivity contribution in [2.45, 2.75) is 5.22 Å². The van der Waals surface area contributed by atoms with Crippen molar-refractivity contribution in [1.82, 2.24) is 10.2 Å². The summed E-state index contributed by atoms with van der Waals surface area (Å²) in [6.45, 7) is 0. The van der Waals surface area contributed by atoms with Gasteiger partial charge in [0, 0.05) is 6.07 Å². The maximum Gasteiger partial charge on any atom is 0.277 e. The first-order valence-corrected chi connectivity index (χ1v) is 8.82. The molecule has 0 radical (unpaired) electrons. The van der Waals surface area contributed by atoms with Crippen LogP contribution in [0.15, 0.2) is 52.1 Å². The van der Waals surface area contributed by atoms with Gasteiger partial charge < -0.3 is 19.2 Å². The maximum absolute atomic E-state index is 13.8. The molecule has 9 heteroatoms. The normalized spacial score (nSPS) is 10.5. The number of carbonyl (C=O) groups is 1. The zero-order valence-electron chi connectivity index (χ0n) is 14.6. The molecule has 0 atom stereocenters. The summed E-state index contributed by atoms with van der Waals surface area (Å²) >= 11 is 1.05. The lowest BCUT2D eigenvalue weighted by molar-refractivity contribution is -0.113. The molecule has 0 aliphatic heterocycles. The first kappa shape index (κ1) is 18.7. The number of nitrogens with zero attached hydrogens (tertiary/aromatic N) is 2. The van der Waals surface area contributed by atoms with Gasteiger partial charge in [-0.1, -0.05) is 23.9 Å². The number of rotatable bonds is 7. The Morgan fingerprint density at radius 2 is 2.00 bits per heavy atom. The van der Waals surface area contributed by atoms with Crippen LogP contribution in [0.3, 0.4) is 0 Å². The van der Waals surface area contributed by atoms with E-state index in [2.05, 4.69) is 15.5 Å². The molecule has 1 amide bonds. The van der Waals surface area contributed by atoms with Crippen molar-refractivity contribution in [3.8, 4) is 23.0 Å². The third-order valence-electron chi connectivity index (χ3n) is 3.52. The molecule has 140 valence electrons. The Kier molecular flexibility index (Phi) is 5.92. The number of halogens is 1. The summed E-state index contributed by atoms with van der Waals surface area (Å²) in [5.41, 5.74) is 0.697. The van der Waals surface area contributed by atoms with Crippen molar-refractivity contribution >= 4 is 23.4 Å². The van der Waals surface area contributed by atoms with Crippen LogP contribution in [0.2, 0.25) is 0 Å². The van der Waals surface area contributed by atoms with Gasteiger partial charge in [-0.25, -0.2) is 4.39 Å². The van der Waals surface area contributed by atoms with Gasteiger partial charge in [-0.15, -0.1) is 10.2 Å². The molecule has 0 unspecified atom stereocenters. The number of thioether (sulfide) groups is 1. The molecular formula is C18H16FN3O4S. The molecule has 1 N–H and O–H groups in total. The fraction of sp³-hybridized carbons (Fsp3) is 0.167. The third-order valence-corrected chi connectivity index (χ3v) is 4.34. The van der Waals surface area contributed by atoms with Crippen LogP contribution in [0.25, 0.3) is 11.5 Å². The molecule has 3 aromatic rings. The Morgan fingerprint density at radius 3 is 2.74 bits per heavy atom. The summed E-state index contributed by atoms with van der Waals surface area (Å²) in [4.78, 5) is 12.2. The van der Waals surface area contributed by atoms with Gasteiger partial charge in [0.1, 0.15) is 17.3 Å². The molecule has 7 nitrogen and oxygen atoms in total. The second-order valence-electron chi connectivity index (χ2n) is 5.26. The standard InChI is InChI=1S/C18H16FN3O4S/c1-24-11-7-8-15(25-2)14(9-11)20-16(23)10-27-18-22-21-17(26-18)12-5-3-4-6-13(12)19/h3-9H,10H2,1-2H3,(H,20,23). The summed E-state index contributed by atoms with van der Waals surface area (Å²) in [7, 11) is 3.04. The third kappa shape index (κ3) is 4.56. The highest BCUT2D eigenvalue weighted by Gasteiger charge is 2.15. The SMILES string of the molecule is COc1ccc(OC)c(NC(=O)CSc2nnc(-c3ccccc3F)o2)c1. The van der Waals surface area contributed by atoms with E-state index < -0.39 is 5.82 Å². The van der Waals surface area contributed by atoms with Crippen molar-refractivity contribution in [2.24, 2.45) is 0 Å². The molecule has 0 spiro atoms. The van der Waals surface area contributed by atoms with Crippen LogP contribution in [0.5, 0.6) is 11.5 Å². The van der Waals surface area contributed by atoms with E-state index in [-0.39, 0.29) is 28.3 Å². The summed E-state index contributed by atoms with van der Waals surface area (Å²) < 4.78 is 29.5. The van der Waals surface area contributed by atoms with E-state index in [0.717, 1.165) is 11.8 Å². The second-order valence-corrected chi connectivity index (χ2v) is 6.18. The predicted octanol–water partition coefficient (Wildman–Crippen LogP) is 3.62. The molecular weight excluding hydrogens is 373 g/mol. The lowest BCUT2D eigenvalue weighted by Crippen LogP contribution is -2.14. The van der Waals surface area contributed by atoms with Gasteiger partial charge in [0.15, 0.2) is 0 Å². The van der Waals surface area contributed by atoms with Crippen LogP contribution >= 0.6 is 11.8 Å². The molecule has 0 bridgehead atoms. The first-order valence-electron chi connectivity index (χ1n) is 7.84. The number of carbonyl (C=O) groups excluding carboxylic acids is 1. The van der Waals surface area contributed by atoms with E-state index in [9.17, 15) is 9.18 Å². The van der Waals surface area contributed by atoms with Crippen molar-refractivity contribution in [2.75, 3.05) is 25.3 Å². The predicted molar refractivity (Wildman–Crippen MR) is 98.6 cm³/mol. The molecule has 0 aliphatic rings. The molecule has 0 aliphatic carbocycles. The molecule has 1 aromatic heterocycles. The maximum atomic E-state index is 13.8. The summed E-state index contributed by atoms with van der Waals surface area (Å²) in [6, 6.07) is 11.2. The monoisotopic (exact) mass is 389 g/mol. The van der Waals surface area contributed by atoms with Gasteiger partial charge in [-0.2, -0.15) is 0 Å². The smallest absolute Gasteiger partial charge is 0.277 e. The fourth-order valence-corrected chi connectivity index (χ4v) is 2.80. The Hall–Kier alpha value is -3.07. The Bertz CT molecular complexity index is 948. The van der Waals surface area contributed by atoms with Crippen molar-refractivity contribution < 1.29 is 23.1 Å². The highest BCUT2D eigenvalue weighted by atomic mass is 32.2. The van der Waals surface area contributed by atoms with Crippen molar-refractivity contribution in [3.05, 3.63) is 48.3 Å². The summed E-state index contributed by atoms with van der Waals surface area (Å²) in [6.07, 6.45) is 0. The van der Waals surface area contributed by atoms with E-state index in [1.807, 2.05) is 0 Å². The number of hydrogen-bond acceptors (Lipinski definition) is 7. The lowest BCUT2D eigenvalue weighted by Gasteiger charge is -2.11. The number of ether oxygens (including phenoxy) is 2. The lowest BCUT2D eigenvalue weighted by atomic mass is 10.2. The zero-order chi connectivity index (χ0) is 19.2. The van der Waals surface area contributed by atoms with E-state index >= 15 is 0 Å². The molecule has 1 heterocycles. The van der Waals surface area contributed by atoms with Crippen LogP contribution in [0, 0.1) is 5.82 Å². The van der Waals surface area contributed by atoms with E-state index in [1.165, 1.54) is 20.3 Å². The minimum absolute atomic E-state index is 0.0271. The molecule has 3 rings (SSSR count). The highest BCUT2D eigenvalue weighted by Crippen LogP contribution is 2.29. The number of anilines is 1. The van der Waals surface area contributed by atoms with Crippen LogP contribution in [-0.4, -0.2) is 36.1 Å². The Balaban J connectivity index is 1.63. The molecule has 0 fully saturated rings. The largest absolute Gasteiger partial charge is 0.497 e. The van der Waals surface area contributed by atoms with Crippen LogP contribution < -0.4 is 14.8 Å². The second kappa shape index (κ2) is 8.54. The zero-order valence-corrected chi connectivity index (χ0v) is 15.4. The summed E-state index contributed by atoms with van der Waals surface area (Å²) in [5, 5.41) is 10.5. The number of amides is 1. The van der Waals surface area contributed by atoms with Gasteiger partial charge in [0.2, 0.25) is 5.91 Å². The number of methoxy groups -OCH3 is 2. The van der Waals surface area contributed by atoms with Gasteiger partial charge in [0.05, 0.1) is 31.2 Å². The number of benzene rings is 2.